The van der Waals surface area contributed by atoms with E-state index in [1.54, 1.807) is 11.3 Å². The molecule has 4 nitrogen and oxygen atoms in total. The lowest BCUT2D eigenvalue weighted by atomic mass is 10.1. The lowest BCUT2D eigenvalue weighted by Gasteiger charge is -2.25. The van der Waals surface area contributed by atoms with Gasteiger partial charge in [-0.3, -0.25) is 4.79 Å². The van der Waals surface area contributed by atoms with Gasteiger partial charge in [0.05, 0.1) is 12.6 Å². The Balaban J connectivity index is 1.38. The van der Waals surface area contributed by atoms with Crippen molar-refractivity contribution in [2.75, 3.05) is 19.8 Å². The first-order chi connectivity index (χ1) is 12.8. The average molecular weight is 372 g/mol. The zero-order valence-corrected chi connectivity index (χ0v) is 15.8. The van der Waals surface area contributed by atoms with Gasteiger partial charge >= 0.3 is 0 Å². The van der Waals surface area contributed by atoms with Crippen LogP contribution >= 0.6 is 11.3 Å². The van der Waals surface area contributed by atoms with E-state index in [0.717, 1.165) is 38.0 Å². The summed E-state index contributed by atoms with van der Waals surface area (Å²) in [7, 11) is 0. The fraction of sp³-hybridized carbons (Fsp3) is 0.476. The zero-order valence-electron chi connectivity index (χ0n) is 15.0. The molecule has 1 aliphatic heterocycles. The van der Waals surface area contributed by atoms with Gasteiger partial charge < -0.3 is 14.4 Å². The van der Waals surface area contributed by atoms with Crippen LogP contribution in [0.15, 0.2) is 35.7 Å². The summed E-state index contributed by atoms with van der Waals surface area (Å²) < 4.78 is 11.6. The van der Waals surface area contributed by atoms with Gasteiger partial charge in [0.1, 0.15) is 5.75 Å². The summed E-state index contributed by atoms with van der Waals surface area (Å²) >= 11 is 1.68. The molecule has 0 radical (unpaired) electrons. The SMILES string of the molecule is O=C(COc1ccc2c(c1)CCC2)N(Cc1cccs1)CC1CCCO1. The topological polar surface area (TPSA) is 38.8 Å². The molecule has 0 saturated carbocycles. The van der Waals surface area contributed by atoms with E-state index in [0.29, 0.717) is 13.1 Å². The molecule has 0 spiro atoms. The Labute approximate surface area is 158 Å². The smallest absolute Gasteiger partial charge is 0.260 e. The monoisotopic (exact) mass is 371 g/mol. The van der Waals surface area contributed by atoms with Crippen LogP contribution in [0, 0.1) is 0 Å². The summed E-state index contributed by atoms with van der Waals surface area (Å²) in [4.78, 5) is 15.9. The van der Waals surface area contributed by atoms with E-state index in [9.17, 15) is 4.79 Å². The number of carbonyl (C=O) groups excluding carboxylic acids is 1. The van der Waals surface area contributed by atoms with Gasteiger partial charge in [-0.05, 0) is 66.8 Å². The summed E-state index contributed by atoms with van der Waals surface area (Å²) in [5.74, 6) is 0.821. The molecular formula is C21H25NO3S. The molecule has 4 rings (SSSR count). The number of carbonyl (C=O) groups is 1. The Morgan fingerprint density at radius 2 is 2.15 bits per heavy atom. The lowest BCUT2D eigenvalue weighted by molar-refractivity contribution is -0.135. The zero-order chi connectivity index (χ0) is 17.8. The number of benzene rings is 1. The van der Waals surface area contributed by atoms with Crippen molar-refractivity contribution in [2.24, 2.45) is 0 Å². The van der Waals surface area contributed by atoms with Crippen molar-refractivity contribution < 1.29 is 14.3 Å². The minimum Gasteiger partial charge on any atom is -0.484 e. The summed E-state index contributed by atoms with van der Waals surface area (Å²) in [5, 5.41) is 2.05. The molecule has 1 aromatic carbocycles. The van der Waals surface area contributed by atoms with Gasteiger partial charge in [0.2, 0.25) is 0 Å². The van der Waals surface area contributed by atoms with Crippen LogP contribution in [0.3, 0.4) is 0 Å². The molecule has 26 heavy (non-hydrogen) atoms. The molecule has 1 aliphatic carbocycles. The lowest BCUT2D eigenvalue weighted by Crippen LogP contribution is -2.39. The maximum atomic E-state index is 12.8. The number of ether oxygens (including phenoxy) is 2. The first kappa shape index (κ1) is 17.6. The maximum absolute atomic E-state index is 12.8. The number of fused-ring (bicyclic) bond motifs is 1. The standard InChI is InChI=1S/C21H25NO3S/c23-21(15-25-18-9-8-16-4-1-5-17(16)12-18)22(13-19-6-2-10-24-19)14-20-7-3-11-26-20/h3,7-9,11-12,19H,1-2,4-6,10,13-15H2. The van der Waals surface area contributed by atoms with Crippen molar-refractivity contribution in [3.05, 3.63) is 51.7 Å². The molecule has 1 amide bonds. The first-order valence-electron chi connectivity index (χ1n) is 9.44. The number of thiophene rings is 1. The third-order valence-corrected chi connectivity index (χ3v) is 6.02. The van der Waals surface area contributed by atoms with Crippen LogP contribution in [-0.4, -0.2) is 36.7 Å². The highest BCUT2D eigenvalue weighted by Crippen LogP contribution is 2.26. The Morgan fingerprint density at radius 3 is 2.96 bits per heavy atom. The van der Waals surface area contributed by atoms with Crippen molar-refractivity contribution in [2.45, 2.75) is 44.8 Å². The van der Waals surface area contributed by atoms with Crippen molar-refractivity contribution >= 4 is 17.2 Å². The van der Waals surface area contributed by atoms with Crippen LogP contribution < -0.4 is 4.74 Å². The molecule has 1 atom stereocenters. The molecule has 0 bridgehead atoms. The van der Waals surface area contributed by atoms with Gasteiger partial charge in [0, 0.05) is 18.0 Å². The van der Waals surface area contributed by atoms with Gasteiger partial charge in [-0.15, -0.1) is 11.3 Å². The Morgan fingerprint density at radius 1 is 1.23 bits per heavy atom. The number of rotatable bonds is 7. The highest BCUT2D eigenvalue weighted by molar-refractivity contribution is 7.09. The van der Waals surface area contributed by atoms with Gasteiger partial charge in [-0.2, -0.15) is 0 Å². The number of aryl methyl sites for hydroxylation is 2. The second kappa shape index (κ2) is 8.23. The largest absolute Gasteiger partial charge is 0.484 e. The molecule has 1 unspecified atom stereocenters. The number of nitrogens with zero attached hydrogens (tertiary/aromatic N) is 1. The normalized spacial score (nSPS) is 18.7. The van der Waals surface area contributed by atoms with Crippen LogP contribution in [-0.2, 0) is 28.9 Å². The molecule has 138 valence electrons. The Bertz CT molecular complexity index is 738. The molecular weight excluding hydrogens is 346 g/mol. The van der Waals surface area contributed by atoms with Crippen LogP contribution in [0.4, 0.5) is 0 Å². The van der Waals surface area contributed by atoms with Crippen LogP contribution in [0.1, 0.15) is 35.3 Å². The molecule has 1 aromatic heterocycles. The summed E-state index contributed by atoms with van der Waals surface area (Å²) in [6, 6.07) is 10.3. The predicted octanol–water partition coefficient (Wildman–Crippen LogP) is 3.82. The van der Waals surface area contributed by atoms with Crippen molar-refractivity contribution in [1.82, 2.24) is 4.90 Å². The fourth-order valence-electron chi connectivity index (χ4n) is 3.75. The fourth-order valence-corrected chi connectivity index (χ4v) is 4.47. The predicted molar refractivity (Wildman–Crippen MR) is 103 cm³/mol. The first-order valence-corrected chi connectivity index (χ1v) is 10.3. The Kier molecular flexibility index (Phi) is 5.56. The van der Waals surface area contributed by atoms with E-state index in [4.69, 9.17) is 9.47 Å². The maximum Gasteiger partial charge on any atom is 0.260 e. The van der Waals surface area contributed by atoms with Gasteiger partial charge in [0.25, 0.3) is 5.91 Å². The quantitative estimate of drug-likeness (QED) is 0.743. The highest BCUT2D eigenvalue weighted by Gasteiger charge is 2.23. The molecule has 0 N–H and O–H groups in total. The third-order valence-electron chi connectivity index (χ3n) is 5.16. The molecule has 2 aliphatic rings. The minimum atomic E-state index is 0.0226. The second-order valence-electron chi connectivity index (χ2n) is 7.06. The molecule has 2 heterocycles. The van der Waals surface area contributed by atoms with Gasteiger partial charge in [-0.25, -0.2) is 0 Å². The number of hydrogen-bond acceptors (Lipinski definition) is 4. The summed E-state index contributed by atoms with van der Waals surface area (Å²) in [5.41, 5.74) is 2.78. The highest BCUT2D eigenvalue weighted by atomic mass is 32.1. The van der Waals surface area contributed by atoms with E-state index < -0.39 is 0 Å². The summed E-state index contributed by atoms with van der Waals surface area (Å²) in [6.07, 6.45) is 5.75. The number of amides is 1. The average Bonchev–Trinajstić information content (AvgIpc) is 3.40. The number of hydrogen-bond donors (Lipinski definition) is 0. The van der Waals surface area contributed by atoms with E-state index in [1.807, 2.05) is 22.4 Å². The van der Waals surface area contributed by atoms with E-state index in [1.165, 1.54) is 22.4 Å². The van der Waals surface area contributed by atoms with Crippen LogP contribution in [0.2, 0.25) is 0 Å². The summed E-state index contributed by atoms with van der Waals surface area (Å²) in [6.45, 7) is 2.16. The molecule has 1 saturated heterocycles. The van der Waals surface area contributed by atoms with E-state index >= 15 is 0 Å². The van der Waals surface area contributed by atoms with E-state index in [2.05, 4.69) is 18.2 Å². The minimum absolute atomic E-state index is 0.0226. The van der Waals surface area contributed by atoms with Crippen molar-refractivity contribution in [3.63, 3.8) is 0 Å². The Hall–Kier alpha value is -1.85. The molecule has 5 heteroatoms. The molecule has 2 aromatic rings. The van der Waals surface area contributed by atoms with Gasteiger partial charge in [0.15, 0.2) is 6.61 Å². The second-order valence-corrected chi connectivity index (χ2v) is 8.09. The van der Waals surface area contributed by atoms with Crippen LogP contribution in [0.25, 0.3) is 0 Å². The van der Waals surface area contributed by atoms with Crippen molar-refractivity contribution in [3.8, 4) is 5.75 Å². The van der Waals surface area contributed by atoms with Crippen molar-refractivity contribution in [1.29, 1.82) is 0 Å². The van der Waals surface area contributed by atoms with Gasteiger partial charge in [-0.1, -0.05) is 12.1 Å². The van der Waals surface area contributed by atoms with Crippen LogP contribution in [0.5, 0.6) is 5.75 Å². The third kappa shape index (κ3) is 4.27. The molecule has 1 fully saturated rings. The van der Waals surface area contributed by atoms with E-state index in [-0.39, 0.29) is 18.6 Å².